The maximum atomic E-state index is 5.63. The van der Waals surface area contributed by atoms with Gasteiger partial charge in [0.25, 0.3) is 5.89 Å². The molecule has 3 aromatic rings. The first-order chi connectivity index (χ1) is 9.83. The van der Waals surface area contributed by atoms with Crippen LogP contribution >= 0.6 is 15.9 Å². The molecule has 0 saturated heterocycles. The lowest BCUT2D eigenvalue weighted by Crippen LogP contribution is -1.96. The molecule has 0 aliphatic carbocycles. The van der Waals surface area contributed by atoms with Crippen LogP contribution in [0.15, 0.2) is 63.5 Å². The van der Waals surface area contributed by atoms with E-state index in [2.05, 4.69) is 26.1 Å². The molecule has 100 valence electrons. The van der Waals surface area contributed by atoms with Crippen LogP contribution in [-0.4, -0.2) is 10.2 Å². The average Bonchev–Trinajstić information content (AvgIpc) is 2.96. The first kappa shape index (κ1) is 12.9. The van der Waals surface area contributed by atoms with Gasteiger partial charge in [0.1, 0.15) is 5.75 Å². The summed E-state index contributed by atoms with van der Waals surface area (Å²) in [6.45, 7) is 0.239. The quantitative estimate of drug-likeness (QED) is 0.723. The molecule has 0 aliphatic heterocycles. The van der Waals surface area contributed by atoms with Crippen molar-refractivity contribution in [2.45, 2.75) is 6.61 Å². The van der Waals surface area contributed by atoms with Crippen LogP contribution < -0.4 is 4.74 Å². The molecule has 2 aromatic carbocycles. The van der Waals surface area contributed by atoms with Crippen molar-refractivity contribution in [2.24, 2.45) is 0 Å². The second-order valence-electron chi connectivity index (χ2n) is 4.09. The molecule has 20 heavy (non-hydrogen) atoms. The first-order valence-corrected chi connectivity index (χ1v) is 6.87. The van der Waals surface area contributed by atoms with Crippen molar-refractivity contribution in [1.82, 2.24) is 10.2 Å². The Bertz CT molecular complexity index is 698. The van der Waals surface area contributed by atoms with E-state index >= 15 is 0 Å². The normalized spacial score (nSPS) is 10.4. The van der Waals surface area contributed by atoms with Gasteiger partial charge in [0.15, 0.2) is 6.61 Å². The van der Waals surface area contributed by atoms with Crippen molar-refractivity contribution >= 4 is 15.9 Å². The van der Waals surface area contributed by atoms with E-state index in [9.17, 15) is 0 Å². The van der Waals surface area contributed by atoms with Crippen LogP contribution in [0.1, 0.15) is 5.89 Å². The molecule has 0 amide bonds. The molecular formula is C15H11BrN2O2. The third kappa shape index (κ3) is 2.88. The average molecular weight is 331 g/mol. The Hall–Kier alpha value is -2.14. The Balaban J connectivity index is 1.71. The van der Waals surface area contributed by atoms with Crippen molar-refractivity contribution in [2.75, 3.05) is 0 Å². The predicted octanol–water partition coefficient (Wildman–Crippen LogP) is 4.08. The van der Waals surface area contributed by atoms with E-state index in [-0.39, 0.29) is 6.61 Å². The Morgan fingerprint density at radius 1 is 0.950 bits per heavy atom. The Kier molecular flexibility index (Phi) is 3.78. The fraction of sp³-hybridized carbons (Fsp3) is 0.0667. The molecule has 0 fully saturated rings. The molecule has 0 aliphatic rings. The second kappa shape index (κ2) is 5.88. The topological polar surface area (TPSA) is 48.2 Å². The minimum atomic E-state index is 0.239. The molecule has 5 heteroatoms. The lowest BCUT2D eigenvalue weighted by Gasteiger charge is -2.04. The summed E-state index contributed by atoms with van der Waals surface area (Å²) in [5, 5.41) is 7.99. The van der Waals surface area contributed by atoms with Crippen LogP contribution in [-0.2, 0) is 6.61 Å². The van der Waals surface area contributed by atoms with Crippen LogP contribution in [0.2, 0.25) is 0 Å². The number of ether oxygens (including phenoxy) is 1. The molecule has 0 saturated carbocycles. The van der Waals surface area contributed by atoms with E-state index in [0.717, 1.165) is 15.8 Å². The van der Waals surface area contributed by atoms with Crippen LogP contribution in [0.4, 0.5) is 0 Å². The summed E-state index contributed by atoms with van der Waals surface area (Å²) < 4.78 is 12.1. The maximum absolute atomic E-state index is 5.63. The van der Waals surface area contributed by atoms with Crippen LogP contribution in [0, 0.1) is 0 Å². The number of hydrogen-bond donors (Lipinski definition) is 0. The van der Waals surface area contributed by atoms with E-state index < -0.39 is 0 Å². The zero-order valence-corrected chi connectivity index (χ0v) is 12.1. The van der Waals surface area contributed by atoms with Crippen LogP contribution in [0.3, 0.4) is 0 Å². The summed E-state index contributed by atoms with van der Waals surface area (Å²) in [5.74, 6) is 1.68. The van der Waals surface area contributed by atoms with Gasteiger partial charge in [-0.3, -0.25) is 0 Å². The van der Waals surface area contributed by atoms with Crippen molar-refractivity contribution in [3.8, 4) is 17.2 Å². The summed E-state index contributed by atoms with van der Waals surface area (Å²) in [7, 11) is 0. The molecule has 0 spiro atoms. The van der Waals surface area contributed by atoms with Gasteiger partial charge in [-0.15, -0.1) is 10.2 Å². The number of nitrogens with zero attached hydrogens (tertiary/aromatic N) is 2. The fourth-order valence-corrected chi connectivity index (χ4v) is 2.11. The summed E-state index contributed by atoms with van der Waals surface area (Å²) in [5.41, 5.74) is 0.896. The Morgan fingerprint density at radius 2 is 1.70 bits per heavy atom. The summed E-state index contributed by atoms with van der Waals surface area (Å²) in [4.78, 5) is 0. The van der Waals surface area contributed by atoms with E-state index in [1.165, 1.54) is 0 Å². The van der Waals surface area contributed by atoms with Gasteiger partial charge in [-0.1, -0.05) is 30.3 Å². The number of halogens is 1. The molecule has 1 aromatic heterocycles. The minimum absolute atomic E-state index is 0.239. The highest BCUT2D eigenvalue weighted by Crippen LogP contribution is 2.25. The molecule has 0 atom stereocenters. The predicted molar refractivity (Wildman–Crippen MR) is 78.2 cm³/mol. The summed E-state index contributed by atoms with van der Waals surface area (Å²) in [6.07, 6.45) is 0. The van der Waals surface area contributed by atoms with Crippen molar-refractivity contribution < 1.29 is 9.15 Å². The zero-order chi connectivity index (χ0) is 13.8. The highest BCUT2D eigenvalue weighted by molar-refractivity contribution is 9.10. The lowest BCUT2D eigenvalue weighted by molar-refractivity contribution is 0.263. The SMILES string of the molecule is Brc1ccccc1OCc1nnc(-c2ccccc2)o1. The highest BCUT2D eigenvalue weighted by atomic mass is 79.9. The van der Waals surface area contributed by atoms with Crippen molar-refractivity contribution in [3.63, 3.8) is 0 Å². The molecule has 0 N–H and O–H groups in total. The molecule has 3 rings (SSSR count). The smallest absolute Gasteiger partial charge is 0.254 e. The van der Waals surface area contributed by atoms with Crippen molar-refractivity contribution in [3.05, 3.63) is 65.0 Å². The first-order valence-electron chi connectivity index (χ1n) is 6.08. The van der Waals surface area contributed by atoms with Crippen LogP contribution in [0.5, 0.6) is 5.75 Å². The molecule has 0 radical (unpaired) electrons. The van der Waals surface area contributed by atoms with E-state index in [1.807, 2.05) is 54.6 Å². The second-order valence-corrected chi connectivity index (χ2v) is 4.94. The van der Waals surface area contributed by atoms with Gasteiger partial charge in [0, 0.05) is 5.56 Å². The molecule has 1 heterocycles. The number of para-hydroxylation sites is 1. The minimum Gasteiger partial charge on any atom is -0.483 e. The van der Waals surface area contributed by atoms with Crippen molar-refractivity contribution in [1.29, 1.82) is 0 Å². The van der Waals surface area contributed by atoms with Gasteiger partial charge < -0.3 is 9.15 Å². The Labute approximate surface area is 124 Å². The van der Waals surface area contributed by atoms with Gasteiger partial charge in [0.2, 0.25) is 5.89 Å². The number of hydrogen-bond acceptors (Lipinski definition) is 4. The Morgan fingerprint density at radius 3 is 2.50 bits per heavy atom. The maximum Gasteiger partial charge on any atom is 0.254 e. The molecule has 4 nitrogen and oxygen atoms in total. The third-order valence-electron chi connectivity index (χ3n) is 2.68. The summed E-state index contributed by atoms with van der Waals surface area (Å²) >= 11 is 3.42. The van der Waals surface area contributed by atoms with Gasteiger partial charge in [0.05, 0.1) is 4.47 Å². The molecular weight excluding hydrogens is 320 g/mol. The largest absolute Gasteiger partial charge is 0.483 e. The standard InChI is InChI=1S/C15H11BrN2O2/c16-12-8-4-5-9-13(12)19-10-14-17-18-15(20-14)11-6-2-1-3-7-11/h1-9H,10H2. The van der Waals surface area contributed by atoms with Gasteiger partial charge in [-0.2, -0.15) is 0 Å². The van der Waals surface area contributed by atoms with E-state index in [4.69, 9.17) is 9.15 Å². The lowest BCUT2D eigenvalue weighted by atomic mass is 10.2. The molecule has 0 bridgehead atoms. The van der Waals surface area contributed by atoms with Gasteiger partial charge in [-0.05, 0) is 40.2 Å². The van der Waals surface area contributed by atoms with E-state index in [0.29, 0.717) is 11.8 Å². The number of benzene rings is 2. The monoisotopic (exact) mass is 330 g/mol. The van der Waals surface area contributed by atoms with Gasteiger partial charge >= 0.3 is 0 Å². The van der Waals surface area contributed by atoms with Gasteiger partial charge in [-0.25, -0.2) is 0 Å². The molecule has 0 unspecified atom stereocenters. The highest BCUT2D eigenvalue weighted by Gasteiger charge is 2.09. The fourth-order valence-electron chi connectivity index (χ4n) is 1.71. The third-order valence-corrected chi connectivity index (χ3v) is 3.33. The van der Waals surface area contributed by atoms with Crippen LogP contribution in [0.25, 0.3) is 11.5 Å². The summed E-state index contributed by atoms with van der Waals surface area (Å²) in [6, 6.07) is 17.3. The zero-order valence-electron chi connectivity index (χ0n) is 10.5. The number of aromatic nitrogens is 2. The number of rotatable bonds is 4. The van der Waals surface area contributed by atoms with E-state index in [1.54, 1.807) is 0 Å².